The van der Waals surface area contributed by atoms with Crippen LogP contribution in [-0.4, -0.2) is 4.57 Å². The summed E-state index contributed by atoms with van der Waals surface area (Å²) in [4.78, 5) is 0. The summed E-state index contributed by atoms with van der Waals surface area (Å²) >= 11 is 0. The first kappa shape index (κ1) is 44.1. The smallest absolute Gasteiger partial charge is 0.0541 e. The fourth-order valence-electron chi connectivity index (χ4n) is 10.5. The summed E-state index contributed by atoms with van der Waals surface area (Å²) in [7, 11) is 0. The maximum absolute atomic E-state index is 2.47. The number of hydrogen-bond acceptors (Lipinski definition) is 0. The Bertz CT molecular complexity index is 3700. The van der Waals surface area contributed by atoms with Gasteiger partial charge in [-0.05, 0) is 159 Å². The van der Waals surface area contributed by atoms with Crippen LogP contribution in [0.4, 0.5) is 0 Å². The van der Waals surface area contributed by atoms with E-state index < -0.39 is 0 Å². The second-order valence-corrected chi connectivity index (χ2v) is 22.3. The average molecular weight is 892 g/mol. The van der Waals surface area contributed by atoms with Crippen LogP contribution in [0.5, 0.6) is 0 Å². The van der Waals surface area contributed by atoms with E-state index in [4.69, 9.17) is 0 Å². The van der Waals surface area contributed by atoms with Crippen LogP contribution >= 0.6 is 0 Å². The lowest BCUT2D eigenvalue weighted by molar-refractivity contribution is 0.590. The Hall–Kier alpha value is -7.48. The molecule has 69 heavy (non-hydrogen) atoms. The molecule has 338 valence electrons. The highest BCUT2D eigenvalue weighted by molar-refractivity contribution is 6.22. The molecule has 0 unspecified atom stereocenters. The minimum absolute atomic E-state index is 0.00325. The number of rotatable bonds is 6. The Balaban J connectivity index is 1.00. The van der Waals surface area contributed by atoms with E-state index in [0.29, 0.717) is 0 Å². The fraction of sp³-hybridized carbons (Fsp3) is 0.176. The first-order valence-electron chi connectivity index (χ1n) is 24.7. The van der Waals surface area contributed by atoms with Crippen molar-refractivity contribution in [3.63, 3.8) is 0 Å². The quantitative estimate of drug-likeness (QED) is 0.147. The van der Waals surface area contributed by atoms with Gasteiger partial charge in [-0.15, -0.1) is 0 Å². The molecular weight excluding hydrogens is 831 g/mol. The van der Waals surface area contributed by atoms with Gasteiger partial charge in [-0.2, -0.15) is 0 Å². The molecule has 1 nitrogen and oxygen atoms in total. The highest BCUT2D eigenvalue weighted by Gasteiger charge is 2.24. The van der Waals surface area contributed by atoms with Crippen molar-refractivity contribution in [2.45, 2.75) is 78.6 Å². The Kier molecular flexibility index (Phi) is 10.6. The van der Waals surface area contributed by atoms with Crippen molar-refractivity contribution in [2.75, 3.05) is 0 Å². The van der Waals surface area contributed by atoms with Crippen molar-refractivity contribution in [3.8, 4) is 61.3 Å². The molecule has 0 aliphatic rings. The van der Waals surface area contributed by atoms with Gasteiger partial charge in [-0.1, -0.05) is 220 Å². The number of nitrogens with zero attached hydrogens (tertiary/aromatic N) is 1. The van der Waals surface area contributed by atoms with Gasteiger partial charge in [0.05, 0.1) is 11.0 Å². The van der Waals surface area contributed by atoms with E-state index in [1.807, 2.05) is 0 Å². The van der Waals surface area contributed by atoms with Gasteiger partial charge in [0.25, 0.3) is 0 Å². The summed E-state index contributed by atoms with van der Waals surface area (Å²) < 4.78 is 2.41. The van der Waals surface area contributed by atoms with Crippen molar-refractivity contribution in [3.05, 3.63) is 223 Å². The topological polar surface area (TPSA) is 4.93 Å². The molecule has 0 aliphatic carbocycles. The second kappa shape index (κ2) is 16.6. The lowest BCUT2D eigenvalue weighted by Crippen LogP contribution is -2.11. The number of para-hydroxylation sites is 1. The van der Waals surface area contributed by atoms with E-state index >= 15 is 0 Å². The Morgan fingerprint density at radius 3 is 1.00 bits per heavy atom. The number of benzene rings is 10. The maximum Gasteiger partial charge on any atom is 0.0541 e. The summed E-state index contributed by atoms with van der Waals surface area (Å²) in [6.45, 7) is 20.8. The first-order valence-corrected chi connectivity index (χ1v) is 24.7. The van der Waals surface area contributed by atoms with Gasteiger partial charge in [-0.25, -0.2) is 0 Å². The van der Waals surface area contributed by atoms with Crippen LogP contribution in [0.25, 0.3) is 105 Å². The normalized spacial score (nSPS) is 12.4. The third-order valence-electron chi connectivity index (χ3n) is 14.5. The van der Waals surface area contributed by atoms with E-state index in [0.717, 1.165) is 0 Å². The molecule has 1 heterocycles. The molecule has 0 saturated heterocycles. The Morgan fingerprint density at radius 1 is 0.246 bits per heavy atom. The molecule has 10 aromatic carbocycles. The molecule has 0 fully saturated rings. The van der Waals surface area contributed by atoms with Gasteiger partial charge >= 0.3 is 0 Å². The molecule has 11 rings (SSSR count). The van der Waals surface area contributed by atoms with Gasteiger partial charge in [0.1, 0.15) is 0 Å². The van der Waals surface area contributed by atoms with Crippen molar-refractivity contribution in [1.29, 1.82) is 0 Å². The molecule has 0 spiro atoms. The standard InChI is InChI=1S/C68H61N/c1-66(2,3)52-34-37-57-60(42-52)64(49-28-24-45(25-29-49)44-16-12-10-13-17-44)56-36-33-53(67(4,5)6)43-61(56)65(57)50-30-26-47(27-31-50)46-20-22-48(23-21-46)51-32-38-62-58(40-51)59-41-54(68(7,8)9)35-39-63(59)69(62)55-18-14-11-15-19-55/h10-43H,1-9H3. The summed E-state index contributed by atoms with van der Waals surface area (Å²) in [5.74, 6) is 0. The second-order valence-electron chi connectivity index (χ2n) is 22.3. The van der Waals surface area contributed by atoms with Crippen LogP contribution in [-0.2, 0) is 16.2 Å². The molecule has 0 amide bonds. The van der Waals surface area contributed by atoms with Crippen LogP contribution in [0, 0.1) is 0 Å². The molecule has 1 heteroatoms. The molecule has 0 aliphatic heterocycles. The summed E-state index contributed by atoms with van der Waals surface area (Å²) in [6, 6.07) is 77.5. The zero-order valence-electron chi connectivity index (χ0n) is 41.6. The highest BCUT2D eigenvalue weighted by Crippen LogP contribution is 2.47. The molecular formula is C68H61N. The third kappa shape index (κ3) is 8.04. The summed E-state index contributed by atoms with van der Waals surface area (Å²) in [5.41, 5.74) is 20.0. The van der Waals surface area contributed by atoms with E-state index in [1.54, 1.807) is 0 Å². The molecule has 0 bridgehead atoms. The fourth-order valence-corrected chi connectivity index (χ4v) is 10.5. The Morgan fingerprint density at radius 2 is 0.565 bits per heavy atom. The van der Waals surface area contributed by atoms with Crippen LogP contribution in [0.15, 0.2) is 206 Å². The lowest BCUT2D eigenvalue weighted by atomic mass is 9.79. The molecule has 0 radical (unpaired) electrons. The average Bonchev–Trinajstić information content (AvgIpc) is 3.68. The molecule has 1 aromatic heterocycles. The predicted octanol–water partition coefficient (Wildman–Crippen LogP) is 19.3. The van der Waals surface area contributed by atoms with Gasteiger partial charge in [-0.3, -0.25) is 0 Å². The van der Waals surface area contributed by atoms with Gasteiger partial charge in [0, 0.05) is 16.5 Å². The van der Waals surface area contributed by atoms with Crippen LogP contribution in [0.1, 0.15) is 79.0 Å². The molecule has 0 N–H and O–H groups in total. The van der Waals surface area contributed by atoms with E-state index in [1.165, 1.54) is 121 Å². The molecule has 0 saturated carbocycles. The monoisotopic (exact) mass is 891 g/mol. The van der Waals surface area contributed by atoms with Gasteiger partial charge < -0.3 is 4.57 Å². The Labute approximate surface area is 408 Å². The zero-order valence-corrected chi connectivity index (χ0v) is 41.6. The van der Waals surface area contributed by atoms with Crippen LogP contribution in [0.3, 0.4) is 0 Å². The SMILES string of the molecule is CC(C)(C)c1ccc2c(-c3ccc(-c4ccc(-c5ccc6c(c5)c5cc(C(C)(C)C)ccc5n6-c5ccccc5)cc4)cc3)c3cc(C(C)(C)C)ccc3c(-c3ccc(-c4ccccc4)cc3)c2c1. The predicted molar refractivity (Wildman–Crippen MR) is 299 cm³/mol. The zero-order chi connectivity index (χ0) is 47.8. The highest BCUT2D eigenvalue weighted by atomic mass is 15.0. The third-order valence-corrected chi connectivity index (χ3v) is 14.5. The summed E-state index contributed by atoms with van der Waals surface area (Å²) in [6.07, 6.45) is 0. The van der Waals surface area contributed by atoms with E-state index in [9.17, 15) is 0 Å². The number of hydrogen-bond donors (Lipinski definition) is 0. The number of fused-ring (bicyclic) bond motifs is 5. The molecule has 0 atom stereocenters. The van der Waals surface area contributed by atoms with Crippen LogP contribution < -0.4 is 0 Å². The van der Waals surface area contributed by atoms with Crippen molar-refractivity contribution in [2.24, 2.45) is 0 Å². The summed E-state index contributed by atoms with van der Waals surface area (Å²) in [5, 5.41) is 7.70. The minimum atomic E-state index is -0.00733. The van der Waals surface area contributed by atoms with E-state index in [-0.39, 0.29) is 16.2 Å². The van der Waals surface area contributed by atoms with Crippen LogP contribution in [0.2, 0.25) is 0 Å². The van der Waals surface area contributed by atoms with Gasteiger partial charge in [0.2, 0.25) is 0 Å². The van der Waals surface area contributed by atoms with E-state index in [2.05, 4.69) is 273 Å². The maximum atomic E-state index is 2.47. The first-order chi connectivity index (χ1) is 33.1. The number of aromatic nitrogens is 1. The lowest BCUT2D eigenvalue weighted by Gasteiger charge is -2.25. The van der Waals surface area contributed by atoms with Gasteiger partial charge in [0.15, 0.2) is 0 Å². The largest absolute Gasteiger partial charge is 0.309 e. The van der Waals surface area contributed by atoms with Crippen molar-refractivity contribution < 1.29 is 0 Å². The van der Waals surface area contributed by atoms with Crippen molar-refractivity contribution in [1.82, 2.24) is 4.57 Å². The minimum Gasteiger partial charge on any atom is -0.309 e. The molecule has 11 aromatic rings. The van der Waals surface area contributed by atoms with Crippen molar-refractivity contribution >= 4 is 43.4 Å².